The number of halogens is 3. The maximum Gasteiger partial charge on any atom is 0.416 e. The van der Waals surface area contributed by atoms with Crippen LogP contribution in [-0.2, 0) is 11.6 Å². The summed E-state index contributed by atoms with van der Waals surface area (Å²) in [6, 6.07) is 4.68. The molecule has 17 heavy (non-hydrogen) atoms. The summed E-state index contributed by atoms with van der Waals surface area (Å²) < 4.78 is 39.1. The Kier molecular flexibility index (Phi) is 3.60. The van der Waals surface area contributed by atoms with Gasteiger partial charge in [0.15, 0.2) is 0 Å². The summed E-state index contributed by atoms with van der Waals surface area (Å²) in [5, 5.41) is 0. The van der Waals surface area contributed by atoms with E-state index in [9.17, 15) is 13.2 Å². The predicted octanol–water partition coefficient (Wildman–Crippen LogP) is 5.13. The summed E-state index contributed by atoms with van der Waals surface area (Å²) in [4.78, 5) is 0. The van der Waals surface area contributed by atoms with Gasteiger partial charge >= 0.3 is 6.18 Å². The van der Waals surface area contributed by atoms with Gasteiger partial charge < -0.3 is 0 Å². The summed E-state index contributed by atoms with van der Waals surface area (Å²) in [7, 11) is 0. The molecule has 0 saturated carbocycles. The molecule has 0 aliphatic carbocycles. The van der Waals surface area contributed by atoms with Crippen molar-refractivity contribution >= 4 is 0 Å². The lowest BCUT2D eigenvalue weighted by molar-refractivity contribution is -0.138. The van der Waals surface area contributed by atoms with Crippen molar-refractivity contribution in [1.82, 2.24) is 0 Å². The average molecular weight is 244 g/mol. The van der Waals surface area contributed by atoms with E-state index >= 15 is 0 Å². The van der Waals surface area contributed by atoms with Crippen LogP contribution in [-0.4, -0.2) is 0 Å². The molecule has 3 heteroatoms. The van der Waals surface area contributed by atoms with E-state index in [4.69, 9.17) is 0 Å². The molecule has 1 aromatic rings. The predicted molar refractivity (Wildman–Crippen MR) is 64.2 cm³/mol. The van der Waals surface area contributed by atoms with Gasteiger partial charge in [0.05, 0.1) is 5.56 Å². The van der Waals surface area contributed by atoms with Crippen molar-refractivity contribution < 1.29 is 13.2 Å². The summed E-state index contributed by atoms with van der Waals surface area (Å²) in [5.41, 5.74) is 0.0799. The third-order valence-corrected chi connectivity index (χ3v) is 2.82. The van der Waals surface area contributed by atoms with Crippen LogP contribution < -0.4 is 0 Å². The van der Waals surface area contributed by atoms with Gasteiger partial charge in [-0.3, -0.25) is 0 Å². The fourth-order valence-corrected chi connectivity index (χ4v) is 1.81. The number of hydrogen-bond acceptors (Lipinski definition) is 0. The standard InChI is InChI=1S/C14H19F3/c1-9(2)10-6-7-11(13(3,4)5)12(8-10)14(15,16)17/h6-9H,1-5H3. The maximum atomic E-state index is 13.0. The highest BCUT2D eigenvalue weighted by atomic mass is 19.4. The minimum Gasteiger partial charge on any atom is -0.166 e. The molecule has 0 saturated heterocycles. The van der Waals surface area contributed by atoms with Gasteiger partial charge in [-0.2, -0.15) is 13.2 Å². The molecule has 1 aromatic carbocycles. The first kappa shape index (κ1) is 14.1. The Balaban J connectivity index is 3.43. The summed E-state index contributed by atoms with van der Waals surface area (Å²) in [6.45, 7) is 9.18. The third kappa shape index (κ3) is 3.24. The van der Waals surface area contributed by atoms with E-state index in [0.29, 0.717) is 5.56 Å². The highest BCUT2D eigenvalue weighted by Crippen LogP contribution is 2.38. The van der Waals surface area contributed by atoms with Crippen LogP contribution in [0.4, 0.5) is 13.2 Å². The summed E-state index contributed by atoms with van der Waals surface area (Å²) >= 11 is 0. The van der Waals surface area contributed by atoms with Crippen molar-refractivity contribution in [3.05, 3.63) is 34.9 Å². The van der Waals surface area contributed by atoms with Crippen molar-refractivity contribution in [3.63, 3.8) is 0 Å². The zero-order valence-corrected chi connectivity index (χ0v) is 10.9. The van der Waals surface area contributed by atoms with Gasteiger partial charge in [0, 0.05) is 0 Å². The van der Waals surface area contributed by atoms with E-state index in [1.165, 1.54) is 6.07 Å². The number of alkyl halides is 3. The Labute approximate surface area is 101 Å². The monoisotopic (exact) mass is 244 g/mol. The summed E-state index contributed by atoms with van der Waals surface area (Å²) in [6.07, 6.45) is -4.28. The average Bonchev–Trinajstić information content (AvgIpc) is 2.14. The minimum atomic E-state index is -4.28. The van der Waals surface area contributed by atoms with Crippen LogP contribution in [0.2, 0.25) is 0 Å². The zero-order chi connectivity index (χ0) is 13.4. The highest BCUT2D eigenvalue weighted by molar-refractivity contribution is 5.39. The molecule has 0 aromatic heterocycles. The second-order valence-corrected chi connectivity index (χ2v) is 5.71. The zero-order valence-electron chi connectivity index (χ0n) is 10.9. The molecule has 0 fully saturated rings. The Morgan fingerprint density at radius 3 is 1.82 bits per heavy atom. The Bertz CT molecular complexity index is 395. The molecule has 0 nitrogen and oxygen atoms in total. The Morgan fingerprint density at radius 1 is 0.941 bits per heavy atom. The fraction of sp³-hybridized carbons (Fsp3) is 0.571. The molecule has 0 unspecified atom stereocenters. The van der Waals surface area contributed by atoms with Crippen LogP contribution in [0.3, 0.4) is 0 Å². The minimum absolute atomic E-state index is 0.102. The molecule has 0 bridgehead atoms. The molecule has 1 rings (SSSR count). The molecule has 0 radical (unpaired) electrons. The largest absolute Gasteiger partial charge is 0.416 e. The molecule has 0 aliphatic rings. The first-order chi connectivity index (χ1) is 7.53. The molecule has 0 amide bonds. The molecular weight excluding hydrogens is 225 g/mol. The third-order valence-electron chi connectivity index (χ3n) is 2.82. The van der Waals surface area contributed by atoms with Gasteiger partial charge in [0.2, 0.25) is 0 Å². The van der Waals surface area contributed by atoms with Crippen LogP contribution in [0, 0.1) is 0 Å². The van der Waals surface area contributed by atoms with Crippen LogP contribution >= 0.6 is 0 Å². The van der Waals surface area contributed by atoms with Gasteiger partial charge in [0.25, 0.3) is 0 Å². The fourth-order valence-electron chi connectivity index (χ4n) is 1.81. The molecule has 0 N–H and O–H groups in total. The van der Waals surface area contributed by atoms with E-state index in [2.05, 4.69) is 0 Å². The second kappa shape index (κ2) is 4.35. The molecule has 96 valence electrons. The molecular formula is C14H19F3. The van der Waals surface area contributed by atoms with Crippen molar-refractivity contribution in [2.75, 3.05) is 0 Å². The van der Waals surface area contributed by atoms with E-state index in [1.807, 2.05) is 13.8 Å². The van der Waals surface area contributed by atoms with Crippen molar-refractivity contribution in [2.24, 2.45) is 0 Å². The van der Waals surface area contributed by atoms with Gasteiger partial charge in [-0.15, -0.1) is 0 Å². The van der Waals surface area contributed by atoms with Crippen molar-refractivity contribution in [1.29, 1.82) is 0 Å². The lowest BCUT2D eigenvalue weighted by atomic mass is 9.82. The van der Waals surface area contributed by atoms with Crippen LogP contribution in [0.15, 0.2) is 18.2 Å². The van der Waals surface area contributed by atoms with Crippen LogP contribution in [0.1, 0.15) is 57.2 Å². The molecule has 0 atom stereocenters. The van der Waals surface area contributed by atoms with E-state index < -0.39 is 17.2 Å². The van der Waals surface area contributed by atoms with Crippen molar-refractivity contribution in [3.8, 4) is 0 Å². The second-order valence-electron chi connectivity index (χ2n) is 5.71. The van der Waals surface area contributed by atoms with Crippen LogP contribution in [0.25, 0.3) is 0 Å². The SMILES string of the molecule is CC(C)c1ccc(C(C)(C)C)c(C(F)(F)F)c1. The first-order valence-electron chi connectivity index (χ1n) is 5.75. The normalized spacial score (nSPS) is 13.2. The topological polar surface area (TPSA) is 0 Å². The number of rotatable bonds is 1. The van der Waals surface area contributed by atoms with Crippen LogP contribution in [0.5, 0.6) is 0 Å². The lowest BCUT2D eigenvalue weighted by Gasteiger charge is -2.25. The number of hydrogen-bond donors (Lipinski definition) is 0. The smallest absolute Gasteiger partial charge is 0.166 e. The first-order valence-corrected chi connectivity index (χ1v) is 5.75. The van der Waals surface area contributed by atoms with Gasteiger partial charge in [-0.1, -0.05) is 46.8 Å². The summed E-state index contributed by atoms with van der Waals surface area (Å²) in [5.74, 6) is 0.102. The number of benzene rings is 1. The van der Waals surface area contributed by atoms with Gasteiger partial charge in [0.1, 0.15) is 0 Å². The lowest BCUT2D eigenvalue weighted by Crippen LogP contribution is -2.20. The van der Waals surface area contributed by atoms with E-state index in [-0.39, 0.29) is 5.92 Å². The van der Waals surface area contributed by atoms with Crippen molar-refractivity contribution in [2.45, 2.75) is 52.1 Å². The molecule has 0 spiro atoms. The molecule has 0 heterocycles. The van der Waals surface area contributed by atoms with Gasteiger partial charge in [-0.05, 0) is 28.5 Å². The molecule has 0 aliphatic heterocycles. The Hall–Kier alpha value is -0.990. The van der Waals surface area contributed by atoms with E-state index in [0.717, 1.165) is 5.56 Å². The Morgan fingerprint density at radius 2 is 1.47 bits per heavy atom. The highest BCUT2D eigenvalue weighted by Gasteiger charge is 2.36. The van der Waals surface area contributed by atoms with Gasteiger partial charge in [-0.25, -0.2) is 0 Å². The maximum absolute atomic E-state index is 13.0. The van der Waals surface area contributed by atoms with E-state index in [1.54, 1.807) is 32.9 Å². The quantitative estimate of drug-likeness (QED) is 0.642.